The smallest absolute Gasteiger partial charge is 0.292 e. The van der Waals surface area contributed by atoms with Gasteiger partial charge in [0.2, 0.25) is 8.32 Å². The van der Waals surface area contributed by atoms with Gasteiger partial charge in [-0.2, -0.15) is 0 Å². The third-order valence-electron chi connectivity index (χ3n) is 1.57. The van der Waals surface area contributed by atoms with Crippen LogP contribution in [0.3, 0.4) is 0 Å². The van der Waals surface area contributed by atoms with Crippen molar-refractivity contribution in [1.82, 2.24) is 0 Å². The van der Waals surface area contributed by atoms with Crippen LogP contribution >= 0.6 is 0 Å². The van der Waals surface area contributed by atoms with Gasteiger partial charge in [0.05, 0.1) is 0 Å². The summed E-state index contributed by atoms with van der Waals surface area (Å²) in [7, 11) is -2.94. The van der Waals surface area contributed by atoms with E-state index >= 15 is 0 Å². The molecule has 4 heteroatoms. The van der Waals surface area contributed by atoms with Crippen molar-refractivity contribution in [2.24, 2.45) is 0 Å². The summed E-state index contributed by atoms with van der Waals surface area (Å²) in [5.41, 5.74) is 3.29. The normalized spacial score (nSPS) is 11.6. The Morgan fingerprint density at radius 3 is 2.12 bits per heavy atom. The fourth-order valence-corrected chi connectivity index (χ4v) is 2.48. The molecular weight excluding hydrogens is 232 g/mol. The molecule has 0 heterocycles. The lowest BCUT2D eigenvalue weighted by Crippen LogP contribution is -2.28. The zero-order valence-corrected chi connectivity index (χ0v) is 13.4. The summed E-state index contributed by atoms with van der Waals surface area (Å²) >= 11 is 0. The summed E-state index contributed by atoms with van der Waals surface area (Å²) in [5, 5.41) is 0. The first-order valence-electron chi connectivity index (χ1n) is 5.82. The van der Waals surface area contributed by atoms with Gasteiger partial charge in [-0.25, -0.2) is 0 Å². The van der Waals surface area contributed by atoms with Crippen molar-refractivity contribution in [2.45, 2.75) is 58.5 Å². The number of hydrogen-bond donors (Lipinski definition) is 0. The van der Waals surface area contributed by atoms with E-state index < -0.39 is 16.4 Å². The molecule has 0 saturated heterocycles. The van der Waals surface area contributed by atoms with Gasteiger partial charge in [0.25, 0.3) is 5.97 Å². The minimum Gasteiger partial charge on any atom is -0.520 e. The van der Waals surface area contributed by atoms with Gasteiger partial charge >= 0.3 is 0 Å². The predicted octanol–water partition coefficient (Wildman–Crippen LogP) is 3.42. The fraction of sp³-hybridized carbons (Fsp3) is 0.750. The van der Waals surface area contributed by atoms with E-state index in [1.807, 2.05) is 19.6 Å². The molecule has 0 amide bonds. The zero-order chi connectivity index (χ0) is 12.8. The van der Waals surface area contributed by atoms with Gasteiger partial charge < -0.3 is 4.43 Å². The van der Waals surface area contributed by atoms with Crippen LogP contribution in [0.5, 0.6) is 0 Å². The lowest BCUT2D eigenvalue weighted by molar-refractivity contribution is -0.135. The molecule has 0 N–H and O–H groups in total. The molecule has 0 aliphatic heterocycles. The van der Waals surface area contributed by atoms with E-state index in [4.69, 9.17) is 4.43 Å². The molecule has 0 fully saturated rings. The third kappa shape index (κ3) is 11.5. The Bertz CT molecular complexity index is 287. The van der Waals surface area contributed by atoms with Crippen molar-refractivity contribution >= 4 is 22.4 Å². The standard InChI is InChI=1S/C12H24O2Si2/c1-15(2,3)11-9-7-8-10-12(13)14-16(4,5)6/h7-8,10H2,1-6H3. The Morgan fingerprint density at radius 2 is 1.69 bits per heavy atom. The maximum absolute atomic E-state index is 11.4. The summed E-state index contributed by atoms with van der Waals surface area (Å²) in [6.45, 7) is 12.7. The van der Waals surface area contributed by atoms with E-state index in [-0.39, 0.29) is 5.97 Å². The predicted molar refractivity (Wildman–Crippen MR) is 74.4 cm³/mol. The van der Waals surface area contributed by atoms with Crippen LogP contribution in [-0.4, -0.2) is 22.4 Å². The molecule has 16 heavy (non-hydrogen) atoms. The molecule has 0 aromatic heterocycles. The highest BCUT2D eigenvalue weighted by molar-refractivity contribution is 6.83. The van der Waals surface area contributed by atoms with Crippen molar-refractivity contribution in [2.75, 3.05) is 0 Å². The molecule has 0 radical (unpaired) electrons. The average Bonchev–Trinajstić information content (AvgIpc) is 1.97. The minimum absolute atomic E-state index is 0.0611. The molecule has 0 aliphatic rings. The van der Waals surface area contributed by atoms with Gasteiger partial charge in [-0.3, -0.25) is 4.79 Å². The van der Waals surface area contributed by atoms with Crippen molar-refractivity contribution < 1.29 is 9.22 Å². The number of carbonyl (C=O) groups excluding carboxylic acids is 1. The van der Waals surface area contributed by atoms with Gasteiger partial charge in [0.1, 0.15) is 8.07 Å². The minimum atomic E-state index is -1.70. The molecule has 0 saturated carbocycles. The van der Waals surface area contributed by atoms with Crippen LogP contribution in [0.25, 0.3) is 0 Å². The van der Waals surface area contributed by atoms with Crippen LogP contribution in [0.15, 0.2) is 0 Å². The molecule has 0 unspecified atom stereocenters. The van der Waals surface area contributed by atoms with Crippen molar-refractivity contribution in [1.29, 1.82) is 0 Å². The Balaban J connectivity index is 3.75. The van der Waals surface area contributed by atoms with Crippen LogP contribution in [0.4, 0.5) is 0 Å². The first kappa shape index (κ1) is 15.5. The van der Waals surface area contributed by atoms with Crippen LogP contribution < -0.4 is 0 Å². The van der Waals surface area contributed by atoms with Crippen molar-refractivity contribution in [3.63, 3.8) is 0 Å². The first-order valence-corrected chi connectivity index (χ1v) is 12.7. The SMILES string of the molecule is C[Si](C)(C)C#CCCCC(=O)O[Si](C)(C)C. The lowest BCUT2D eigenvalue weighted by atomic mass is 10.2. The van der Waals surface area contributed by atoms with Gasteiger partial charge in [0, 0.05) is 12.8 Å². The second kappa shape index (κ2) is 6.26. The fourth-order valence-electron chi connectivity index (χ4n) is 1.04. The monoisotopic (exact) mass is 256 g/mol. The molecule has 0 spiro atoms. The Hall–Kier alpha value is -0.536. The van der Waals surface area contributed by atoms with Gasteiger partial charge in [-0.15, -0.1) is 11.5 Å². The summed E-state index contributed by atoms with van der Waals surface area (Å²) in [6.07, 6.45) is 2.14. The first-order chi connectivity index (χ1) is 7.10. The molecular formula is C12H24O2Si2. The van der Waals surface area contributed by atoms with E-state index in [0.717, 1.165) is 12.8 Å². The highest BCUT2D eigenvalue weighted by Crippen LogP contribution is 2.06. The number of carbonyl (C=O) groups is 1. The number of rotatable bonds is 4. The number of hydrogen-bond acceptors (Lipinski definition) is 2. The van der Waals surface area contributed by atoms with Gasteiger partial charge in [-0.05, 0) is 26.1 Å². The molecule has 0 aromatic carbocycles. The van der Waals surface area contributed by atoms with E-state index in [0.29, 0.717) is 6.42 Å². The second-order valence-electron chi connectivity index (χ2n) is 5.99. The summed E-state index contributed by atoms with van der Waals surface area (Å²) in [4.78, 5) is 11.4. The van der Waals surface area contributed by atoms with E-state index in [2.05, 4.69) is 31.1 Å². The molecule has 0 rings (SSSR count). The van der Waals surface area contributed by atoms with Crippen molar-refractivity contribution in [3.8, 4) is 11.5 Å². The van der Waals surface area contributed by atoms with Gasteiger partial charge in [-0.1, -0.05) is 19.6 Å². The molecule has 92 valence electrons. The van der Waals surface area contributed by atoms with E-state index in [1.54, 1.807) is 0 Å². The Kier molecular flexibility index (Phi) is 6.05. The quantitative estimate of drug-likeness (QED) is 0.438. The summed E-state index contributed by atoms with van der Waals surface area (Å²) < 4.78 is 5.35. The lowest BCUT2D eigenvalue weighted by Gasteiger charge is -2.16. The molecule has 0 aromatic rings. The number of unbranched alkanes of at least 4 members (excludes halogenated alkanes) is 1. The van der Waals surface area contributed by atoms with Gasteiger partial charge in [0.15, 0.2) is 0 Å². The summed E-state index contributed by atoms with van der Waals surface area (Å²) in [6, 6.07) is 0. The van der Waals surface area contributed by atoms with E-state index in [1.165, 1.54) is 0 Å². The molecule has 0 bridgehead atoms. The average molecular weight is 256 g/mol. The third-order valence-corrected chi connectivity index (χ3v) is 3.33. The Morgan fingerprint density at radius 1 is 1.12 bits per heavy atom. The largest absolute Gasteiger partial charge is 0.520 e. The van der Waals surface area contributed by atoms with Crippen molar-refractivity contribution in [3.05, 3.63) is 0 Å². The maximum Gasteiger partial charge on any atom is 0.292 e. The van der Waals surface area contributed by atoms with Crippen LogP contribution in [0.2, 0.25) is 39.3 Å². The zero-order valence-electron chi connectivity index (χ0n) is 11.4. The van der Waals surface area contributed by atoms with E-state index in [9.17, 15) is 4.79 Å². The highest BCUT2D eigenvalue weighted by atomic mass is 28.4. The topological polar surface area (TPSA) is 26.3 Å². The van der Waals surface area contributed by atoms with Crippen LogP contribution in [-0.2, 0) is 9.22 Å². The molecule has 0 aliphatic carbocycles. The van der Waals surface area contributed by atoms with Crippen LogP contribution in [0, 0.1) is 11.5 Å². The maximum atomic E-state index is 11.4. The summed E-state index contributed by atoms with van der Waals surface area (Å²) in [5.74, 6) is 3.10. The molecule has 2 nitrogen and oxygen atoms in total. The second-order valence-corrected chi connectivity index (χ2v) is 15.2. The molecule has 0 atom stereocenters. The van der Waals surface area contributed by atoms with Crippen LogP contribution in [0.1, 0.15) is 19.3 Å². The Labute approximate surface area is 102 Å². The highest BCUT2D eigenvalue weighted by Gasteiger charge is 2.19.